The van der Waals surface area contributed by atoms with Gasteiger partial charge in [0.1, 0.15) is 0 Å². The van der Waals surface area contributed by atoms with Crippen LogP contribution in [-0.2, 0) is 4.79 Å². The summed E-state index contributed by atoms with van der Waals surface area (Å²) in [6.45, 7) is 4.36. The number of carbonyl (C=O) groups is 1. The van der Waals surface area contributed by atoms with E-state index in [2.05, 4.69) is 16.3 Å². The molecular formula is C16H26N4O. The average molecular weight is 290 g/mol. The summed E-state index contributed by atoms with van der Waals surface area (Å²) in [6, 6.07) is 3.53. The van der Waals surface area contributed by atoms with Crippen molar-refractivity contribution in [2.75, 3.05) is 32.7 Å². The highest BCUT2D eigenvalue weighted by Gasteiger charge is 2.35. The molecule has 21 heavy (non-hydrogen) atoms. The molecule has 3 aliphatic heterocycles. The van der Waals surface area contributed by atoms with E-state index in [1.54, 1.807) is 0 Å². The zero-order chi connectivity index (χ0) is 14.7. The highest BCUT2D eigenvalue weighted by molar-refractivity contribution is 5.76. The first-order valence-electron chi connectivity index (χ1n) is 8.37. The van der Waals surface area contributed by atoms with Crippen LogP contribution in [0.15, 0.2) is 0 Å². The first kappa shape index (κ1) is 14.8. The Morgan fingerprint density at radius 3 is 2.43 bits per heavy atom. The number of piperidine rings is 1. The Balaban J connectivity index is 1.41. The second kappa shape index (κ2) is 6.76. The SMILES string of the molecule is N#CCCN1CCN(C(=O)CC2CC3CCC(C2)N3)CC1. The van der Waals surface area contributed by atoms with Crippen LogP contribution in [0.3, 0.4) is 0 Å². The Morgan fingerprint density at radius 1 is 1.14 bits per heavy atom. The van der Waals surface area contributed by atoms with Crippen molar-refractivity contribution in [2.24, 2.45) is 5.92 Å². The quantitative estimate of drug-likeness (QED) is 0.838. The zero-order valence-electron chi connectivity index (χ0n) is 12.8. The van der Waals surface area contributed by atoms with Crippen molar-refractivity contribution < 1.29 is 4.79 Å². The summed E-state index contributed by atoms with van der Waals surface area (Å²) in [6.07, 6.45) is 6.30. The fourth-order valence-corrected chi connectivity index (χ4v) is 4.15. The topological polar surface area (TPSA) is 59.4 Å². The smallest absolute Gasteiger partial charge is 0.222 e. The Hall–Kier alpha value is -1.12. The van der Waals surface area contributed by atoms with Crippen LogP contribution in [0.2, 0.25) is 0 Å². The summed E-state index contributed by atoms with van der Waals surface area (Å²) < 4.78 is 0. The first-order valence-corrected chi connectivity index (χ1v) is 8.37. The molecule has 3 aliphatic rings. The third kappa shape index (κ3) is 3.75. The van der Waals surface area contributed by atoms with Crippen molar-refractivity contribution in [2.45, 2.75) is 50.6 Å². The Morgan fingerprint density at radius 2 is 1.81 bits per heavy atom. The van der Waals surface area contributed by atoms with Crippen molar-refractivity contribution >= 4 is 5.91 Å². The van der Waals surface area contributed by atoms with Crippen molar-refractivity contribution in [3.05, 3.63) is 0 Å². The van der Waals surface area contributed by atoms with Crippen LogP contribution < -0.4 is 5.32 Å². The molecule has 3 saturated heterocycles. The van der Waals surface area contributed by atoms with Crippen LogP contribution in [0, 0.1) is 17.2 Å². The average Bonchev–Trinajstić information content (AvgIpc) is 2.84. The number of carbonyl (C=O) groups excluding carboxylic acids is 1. The van der Waals surface area contributed by atoms with E-state index in [-0.39, 0.29) is 0 Å². The van der Waals surface area contributed by atoms with Gasteiger partial charge in [-0.2, -0.15) is 5.26 Å². The standard InChI is InChI=1S/C16H26N4O/c17-4-1-5-19-6-8-20(9-7-19)16(21)12-13-10-14-2-3-15(11-13)18-14/h13-15,18H,1-3,5-12H2. The van der Waals surface area contributed by atoms with Crippen molar-refractivity contribution in [1.82, 2.24) is 15.1 Å². The molecular weight excluding hydrogens is 264 g/mol. The fraction of sp³-hybridized carbons (Fsp3) is 0.875. The van der Waals surface area contributed by atoms with Crippen molar-refractivity contribution in [3.63, 3.8) is 0 Å². The molecule has 0 radical (unpaired) electrons. The number of nitrogens with one attached hydrogen (secondary N) is 1. The molecule has 0 spiro atoms. The predicted molar refractivity (Wildman–Crippen MR) is 80.5 cm³/mol. The normalized spacial score (nSPS) is 32.9. The van der Waals surface area contributed by atoms with Gasteiger partial charge >= 0.3 is 0 Å². The minimum atomic E-state index is 0.348. The highest BCUT2D eigenvalue weighted by atomic mass is 16.2. The second-order valence-electron chi connectivity index (χ2n) is 6.81. The van der Waals surface area contributed by atoms with Gasteiger partial charge in [-0.15, -0.1) is 0 Å². The van der Waals surface area contributed by atoms with E-state index in [4.69, 9.17) is 5.26 Å². The van der Waals surface area contributed by atoms with Crippen LogP contribution in [0.25, 0.3) is 0 Å². The zero-order valence-corrected chi connectivity index (χ0v) is 12.8. The molecule has 0 aliphatic carbocycles. The van der Waals surface area contributed by atoms with Crippen molar-refractivity contribution in [1.29, 1.82) is 5.26 Å². The summed E-state index contributed by atoms with van der Waals surface area (Å²) in [7, 11) is 0. The molecule has 3 fully saturated rings. The second-order valence-corrected chi connectivity index (χ2v) is 6.81. The molecule has 2 unspecified atom stereocenters. The summed E-state index contributed by atoms with van der Waals surface area (Å²) in [5.74, 6) is 0.939. The summed E-state index contributed by atoms with van der Waals surface area (Å²) >= 11 is 0. The predicted octanol–water partition coefficient (Wildman–Crippen LogP) is 0.965. The van der Waals surface area contributed by atoms with Gasteiger partial charge in [0.15, 0.2) is 0 Å². The molecule has 0 aromatic heterocycles. The number of amides is 1. The molecule has 116 valence electrons. The lowest BCUT2D eigenvalue weighted by Gasteiger charge is -2.36. The van der Waals surface area contributed by atoms with Gasteiger partial charge in [-0.1, -0.05) is 0 Å². The molecule has 5 heteroatoms. The van der Waals surface area contributed by atoms with E-state index < -0.39 is 0 Å². The number of nitriles is 1. The summed E-state index contributed by atoms with van der Waals surface area (Å²) in [5.41, 5.74) is 0. The van der Waals surface area contributed by atoms with E-state index in [9.17, 15) is 4.79 Å². The molecule has 3 heterocycles. The lowest BCUT2D eigenvalue weighted by molar-refractivity contribution is -0.134. The van der Waals surface area contributed by atoms with Crippen LogP contribution in [-0.4, -0.2) is 60.5 Å². The summed E-state index contributed by atoms with van der Waals surface area (Å²) in [5, 5.41) is 12.3. The molecule has 1 amide bonds. The maximum Gasteiger partial charge on any atom is 0.222 e. The molecule has 0 aromatic rings. The van der Waals surface area contributed by atoms with Crippen LogP contribution in [0.5, 0.6) is 0 Å². The highest BCUT2D eigenvalue weighted by Crippen LogP contribution is 2.33. The fourth-order valence-electron chi connectivity index (χ4n) is 4.15. The van der Waals surface area contributed by atoms with Gasteiger partial charge in [0.25, 0.3) is 0 Å². The number of hydrogen-bond acceptors (Lipinski definition) is 4. The number of rotatable bonds is 4. The van der Waals surface area contributed by atoms with Crippen LogP contribution >= 0.6 is 0 Å². The van der Waals surface area contributed by atoms with Gasteiger partial charge in [0.05, 0.1) is 6.07 Å². The van der Waals surface area contributed by atoms with Gasteiger partial charge in [-0.05, 0) is 31.6 Å². The maximum atomic E-state index is 12.5. The minimum absolute atomic E-state index is 0.348. The molecule has 5 nitrogen and oxygen atoms in total. The minimum Gasteiger partial charge on any atom is -0.340 e. The Bertz CT molecular complexity index is 399. The van der Waals surface area contributed by atoms with E-state index in [0.29, 0.717) is 30.3 Å². The maximum absolute atomic E-state index is 12.5. The molecule has 0 aromatic carbocycles. The monoisotopic (exact) mass is 290 g/mol. The van der Waals surface area contributed by atoms with Gasteiger partial charge in [0, 0.05) is 57.6 Å². The molecule has 0 saturated carbocycles. The molecule has 2 atom stereocenters. The number of nitrogens with zero attached hydrogens (tertiary/aromatic N) is 3. The van der Waals surface area contributed by atoms with Crippen molar-refractivity contribution in [3.8, 4) is 6.07 Å². The largest absolute Gasteiger partial charge is 0.340 e. The third-order valence-corrected chi connectivity index (χ3v) is 5.30. The van der Waals surface area contributed by atoms with Gasteiger partial charge in [0.2, 0.25) is 5.91 Å². The molecule has 2 bridgehead atoms. The Labute approximate surface area is 127 Å². The first-order chi connectivity index (χ1) is 10.2. The Kier molecular flexibility index (Phi) is 4.77. The lowest BCUT2D eigenvalue weighted by Crippen LogP contribution is -2.49. The van der Waals surface area contributed by atoms with Crippen LogP contribution in [0.4, 0.5) is 0 Å². The lowest BCUT2D eigenvalue weighted by atomic mass is 9.89. The van der Waals surface area contributed by atoms with E-state index >= 15 is 0 Å². The third-order valence-electron chi connectivity index (χ3n) is 5.30. The van der Waals surface area contributed by atoms with Gasteiger partial charge < -0.3 is 10.2 Å². The number of piperazine rings is 1. The van der Waals surface area contributed by atoms with Crippen LogP contribution in [0.1, 0.15) is 38.5 Å². The molecule has 1 N–H and O–H groups in total. The van der Waals surface area contributed by atoms with Gasteiger partial charge in [-0.3, -0.25) is 9.69 Å². The van der Waals surface area contributed by atoms with E-state index in [1.807, 2.05) is 4.90 Å². The van der Waals surface area contributed by atoms with Gasteiger partial charge in [-0.25, -0.2) is 0 Å². The van der Waals surface area contributed by atoms with E-state index in [0.717, 1.165) is 39.1 Å². The van der Waals surface area contributed by atoms with E-state index in [1.165, 1.54) is 25.7 Å². The number of fused-ring (bicyclic) bond motifs is 2. The number of hydrogen-bond donors (Lipinski definition) is 1. The summed E-state index contributed by atoms with van der Waals surface area (Å²) in [4.78, 5) is 16.8. The molecule has 3 rings (SSSR count).